The summed E-state index contributed by atoms with van der Waals surface area (Å²) in [7, 11) is 0. The predicted octanol–water partition coefficient (Wildman–Crippen LogP) is 2.41. The van der Waals surface area contributed by atoms with E-state index in [1.807, 2.05) is 37.3 Å². The second-order valence-corrected chi connectivity index (χ2v) is 3.27. The molecule has 3 heteroatoms. The third kappa shape index (κ3) is 3.54. The fourth-order valence-corrected chi connectivity index (χ4v) is 1.19. The fourth-order valence-electron chi connectivity index (χ4n) is 1.19. The van der Waals surface area contributed by atoms with Gasteiger partial charge in [-0.2, -0.15) is 0 Å². The number of nitrogens with one attached hydrogen (secondary N) is 1. The van der Waals surface area contributed by atoms with Crippen molar-refractivity contribution in [2.75, 3.05) is 0 Å². The monoisotopic (exact) mass is 205 g/mol. The molecular weight excluding hydrogens is 190 g/mol. The lowest BCUT2D eigenvalue weighted by Gasteiger charge is -2.09. The van der Waals surface area contributed by atoms with E-state index in [4.69, 9.17) is 10.1 Å². The van der Waals surface area contributed by atoms with Crippen LogP contribution in [0.3, 0.4) is 0 Å². The molecule has 1 atom stereocenters. The maximum Gasteiger partial charge on any atom is 0.314 e. The zero-order valence-electron chi connectivity index (χ0n) is 8.77. The van der Waals surface area contributed by atoms with Crippen molar-refractivity contribution in [3.63, 3.8) is 0 Å². The summed E-state index contributed by atoms with van der Waals surface area (Å²) in [5.74, 6) is -0.731. The summed E-state index contributed by atoms with van der Waals surface area (Å²) >= 11 is 0. The average Bonchev–Trinajstić information content (AvgIpc) is 2.29. The third-order valence-corrected chi connectivity index (χ3v) is 2.17. The standard InChI is InChI=1S/C12H15NO2/c1-2-11(8-13)12(14)15-9-10-6-4-3-5-7-10/h3-8,11,13H,2,9H2,1H3. The lowest BCUT2D eigenvalue weighted by molar-refractivity contribution is -0.147. The maximum absolute atomic E-state index is 11.4. The Bertz CT molecular complexity index is 322. The van der Waals surface area contributed by atoms with E-state index in [-0.39, 0.29) is 12.6 Å². The highest BCUT2D eigenvalue weighted by Gasteiger charge is 2.14. The number of hydrogen-bond donors (Lipinski definition) is 1. The summed E-state index contributed by atoms with van der Waals surface area (Å²) in [4.78, 5) is 11.4. The molecule has 0 aromatic heterocycles. The Morgan fingerprint density at radius 2 is 2.13 bits per heavy atom. The van der Waals surface area contributed by atoms with Crippen molar-refractivity contribution >= 4 is 12.2 Å². The highest BCUT2D eigenvalue weighted by atomic mass is 16.5. The van der Waals surface area contributed by atoms with E-state index in [0.717, 1.165) is 11.8 Å². The fraction of sp³-hybridized carbons (Fsp3) is 0.333. The van der Waals surface area contributed by atoms with Crippen LogP contribution >= 0.6 is 0 Å². The number of ether oxygens (including phenoxy) is 1. The molecule has 0 aliphatic carbocycles. The Kier molecular flexibility index (Phi) is 4.54. The molecule has 0 heterocycles. The van der Waals surface area contributed by atoms with Crippen LogP contribution in [0.1, 0.15) is 18.9 Å². The summed E-state index contributed by atoms with van der Waals surface area (Å²) in [5, 5.41) is 7.05. The molecule has 1 unspecified atom stereocenters. The minimum atomic E-state index is -0.409. The van der Waals surface area contributed by atoms with Crippen LogP contribution in [0.15, 0.2) is 30.3 Å². The van der Waals surface area contributed by atoms with Crippen LogP contribution in [0.4, 0.5) is 0 Å². The van der Waals surface area contributed by atoms with Gasteiger partial charge in [0.15, 0.2) is 0 Å². The first-order valence-corrected chi connectivity index (χ1v) is 4.99. The van der Waals surface area contributed by atoms with Crippen molar-refractivity contribution in [3.8, 4) is 0 Å². The number of carbonyl (C=O) groups is 1. The first kappa shape index (κ1) is 11.4. The lowest BCUT2D eigenvalue weighted by Crippen LogP contribution is -2.17. The van der Waals surface area contributed by atoms with Gasteiger partial charge in [-0.1, -0.05) is 37.3 Å². The molecule has 3 nitrogen and oxygen atoms in total. The molecule has 0 spiro atoms. The molecular formula is C12H15NO2. The topological polar surface area (TPSA) is 50.2 Å². The van der Waals surface area contributed by atoms with Crippen LogP contribution < -0.4 is 0 Å². The van der Waals surface area contributed by atoms with Gasteiger partial charge in [0.05, 0.1) is 5.92 Å². The summed E-state index contributed by atoms with van der Waals surface area (Å²) in [5.41, 5.74) is 0.964. The van der Waals surface area contributed by atoms with Crippen molar-refractivity contribution < 1.29 is 9.53 Å². The normalized spacial score (nSPS) is 11.8. The van der Waals surface area contributed by atoms with E-state index < -0.39 is 5.92 Å². The Hall–Kier alpha value is -1.64. The molecule has 15 heavy (non-hydrogen) atoms. The van der Waals surface area contributed by atoms with Crippen molar-refractivity contribution in [1.82, 2.24) is 0 Å². The number of rotatable bonds is 5. The maximum atomic E-state index is 11.4. The molecule has 0 saturated carbocycles. The van der Waals surface area contributed by atoms with Gasteiger partial charge >= 0.3 is 5.97 Å². The Morgan fingerprint density at radius 1 is 1.47 bits per heavy atom. The molecule has 0 bridgehead atoms. The zero-order valence-corrected chi connectivity index (χ0v) is 8.77. The van der Waals surface area contributed by atoms with Crippen LogP contribution in [0, 0.1) is 11.3 Å². The van der Waals surface area contributed by atoms with Gasteiger partial charge in [0.25, 0.3) is 0 Å². The molecule has 0 fully saturated rings. The number of esters is 1. The second-order valence-electron chi connectivity index (χ2n) is 3.27. The summed E-state index contributed by atoms with van der Waals surface area (Å²) in [6, 6.07) is 9.52. The lowest BCUT2D eigenvalue weighted by atomic mass is 10.1. The molecule has 0 amide bonds. The van der Waals surface area contributed by atoms with Crippen molar-refractivity contribution in [2.24, 2.45) is 5.92 Å². The van der Waals surface area contributed by atoms with Crippen LogP contribution in [0.25, 0.3) is 0 Å². The van der Waals surface area contributed by atoms with E-state index in [2.05, 4.69) is 0 Å². The first-order chi connectivity index (χ1) is 7.27. The van der Waals surface area contributed by atoms with Crippen LogP contribution in [0.5, 0.6) is 0 Å². The van der Waals surface area contributed by atoms with Gasteiger partial charge in [-0.15, -0.1) is 0 Å². The van der Waals surface area contributed by atoms with Gasteiger partial charge in [0.1, 0.15) is 6.61 Å². The smallest absolute Gasteiger partial charge is 0.314 e. The molecule has 0 aliphatic heterocycles. The van der Waals surface area contributed by atoms with Crippen molar-refractivity contribution in [3.05, 3.63) is 35.9 Å². The third-order valence-electron chi connectivity index (χ3n) is 2.17. The van der Waals surface area contributed by atoms with Crippen molar-refractivity contribution in [2.45, 2.75) is 20.0 Å². The molecule has 0 radical (unpaired) electrons. The largest absolute Gasteiger partial charge is 0.460 e. The Labute approximate surface area is 89.6 Å². The van der Waals surface area contributed by atoms with Gasteiger partial charge in [-0.05, 0) is 12.0 Å². The summed E-state index contributed by atoms with van der Waals surface area (Å²) in [6.45, 7) is 2.14. The van der Waals surface area contributed by atoms with Gasteiger partial charge in [0, 0.05) is 6.21 Å². The Morgan fingerprint density at radius 3 is 2.67 bits per heavy atom. The summed E-state index contributed by atoms with van der Waals surface area (Å²) in [6.07, 6.45) is 1.74. The van der Waals surface area contributed by atoms with Crippen molar-refractivity contribution in [1.29, 1.82) is 5.41 Å². The van der Waals surface area contributed by atoms with Crippen LogP contribution in [-0.2, 0) is 16.1 Å². The molecule has 1 aromatic carbocycles. The summed E-state index contributed by atoms with van der Waals surface area (Å²) < 4.78 is 5.08. The van der Waals surface area contributed by atoms with Gasteiger partial charge < -0.3 is 10.1 Å². The van der Waals surface area contributed by atoms with E-state index in [1.54, 1.807) is 0 Å². The minimum absolute atomic E-state index is 0.282. The molecule has 0 aliphatic rings. The predicted molar refractivity (Wildman–Crippen MR) is 58.8 cm³/mol. The molecule has 1 N–H and O–H groups in total. The highest BCUT2D eigenvalue weighted by Crippen LogP contribution is 2.06. The average molecular weight is 205 g/mol. The molecule has 1 aromatic rings. The zero-order chi connectivity index (χ0) is 11.1. The molecule has 1 rings (SSSR count). The minimum Gasteiger partial charge on any atom is -0.460 e. The quantitative estimate of drug-likeness (QED) is 0.592. The van der Waals surface area contributed by atoms with Gasteiger partial charge in [-0.25, -0.2) is 0 Å². The van der Waals surface area contributed by atoms with Gasteiger partial charge in [0.2, 0.25) is 0 Å². The Balaban J connectivity index is 2.44. The second kappa shape index (κ2) is 5.96. The van der Waals surface area contributed by atoms with Crippen LogP contribution in [-0.4, -0.2) is 12.2 Å². The van der Waals surface area contributed by atoms with Crippen LogP contribution in [0.2, 0.25) is 0 Å². The van der Waals surface area contributed by atoms with E-state index in [0.29, 0.717) is 6.42 Å². The van der Waals surface area contributed by atoms with E-state index in [9.17, 15) is 4.79 Å². The number of carbonyl (C=O) groups excluding carboxylic acids is 1. The number of hydrogen-bond acceptors (Lipinski definition) is 3. The SMILES string of the molecule is CCC(C=N)C(=O)OCc1ccccc1. The molecule has 0 saturated heterocycles. The van der Waals surface area contributed by atoms with E-state index >= 15 is 0 Å². The number of benzene rings is 1. The van der Waals surface area contributed by atoms with Gasteiger partial charge in [-0.3, -0.25) is 4.79 Å². The molecule has 80 valence electrons. The van der Waals surface area contributed by atoms with E-state index in [1.165, 1.54) is 0 Å². The highest BCUT2D eigenvalue weighted by molar-refractivity contribution is 5.88. The first-order valence-electron chi connectivity index (χ1n) is 4.99.